The van der Waals surface area contributed by atoms with Crippen LogP contribution in [0.5, 0.6) is 0 Å². The van der Waals surface area contributed by atoms with Crippen molar-refractivity contribution < 1.29 is 23.6 Å². The number of likely N-dealkylation sites (N-methyl/N-ethyl adjacent to an activating group) is 1. The van der Waals surface area contributed by atoms with E-state index in [0.717, 1.165) is 22.3 Å². The Kier molecular flexibility index (Phi) is 7.75. The molecule has 0 saturated heterocycles. The number of benzene rings is 1. The fraction of sp³-hybridized carbons (Fsp3) is 0.409. The Balaban J connectivity index is 1.94. The summed E-state index contributed by atoms with van der Waals surface area (Å²) in [6.45, 7) is 6.57. The highest BCUT2D eigenvalue weighted by molar-refractivity contribution is 7.12. The second-order valence-electron chi connectivity index (χ2n) is 8.06. The number of thiophene rings is 1. The zero-order valence-corrected chi connectivity index (χ0v) is 19.2. The molecule has 0 unspecified atom stereocenters. The quantitative estimate of drug-likeness (QED) is 0.496. The maximum atomic E-state index is 12.6. The molecule has 0 radical (unpaired) electrons. The number of carbonyl (C=O) groups is 3. The minimum absolute atomic E-state index is 0.0900. The third-order valence-corrected chi connectivity index (χ3v) is 5.94. The van der Waals surface area contributed by atoms with Crippen molar-refractivity contribution in [3.63, 3.8) is 0 Å². The molecule has 0 fully saturated rings. The SMILES string of the molecule is COC(=O)c1scc(C)c1NC(=O)C[N+](C)(C)CC(=O)NCc1c(C)cccc1C. The molecule has 8 heteroatoms. The standard InChI is InChI=1S/C22H29N3O4S/c1-14-8-7-9-15(2)17(14)10-23-18(26)11-25(4,5)12-19(27)24-20-16(3)13-30-21(20)22(28)29-6/h7-9,13H,10-12H2,1-6H3,(H-,23,24,26,27,28)/p+1. The summed E-state index contributed by atoms with van der Waals surface area (Å²) in [5.74, 6) is -0.880. The number of rotatable bonds is 8. The van der Waals surface area contributed by atoms with E-state index in [0.29, 0.717) is 17.1 Å². The third kappa shape index (κ3) is 6.14. The van der Waals surface area contributed by atoms with Gasteiger partial charge >= 0.3 is 5.97 Å². The van der Waals surface area contributed by atoms with Crippen LogP contribution in [0.1, 0.15) is 31.9 Å². The van der Waals surface area contributed by atoms with Crippen LogP contribution in [0.3, 0.4) is 0 Å². The number of hydrogen-bond donors (Lipinski definition) is 2. The second-order valence-corrected chi connectivity index (χ2v) is 8.94. The number of hydrogen-bond acceptors (Lipinski definition) is 5. The summed E-state index contributed by atoms with van der Waals surface area (Å²) in [5.41, 5.74) is 4.64. The molecule has 0 aliphatic rings. The molecule has 30 heavy (non-hydrogen) atoms. The molecule has 162 valence electrons. The Hall–Kier alpha value is -2.71. The number of nitrogens with one attached hydrogen (secondary N) is 2. The number of quaternary nitrogens is 1. The summed E-state index contributed by atoms with van der Waals surface area (Å²) in [5, 5.41) is 7.54. The molecule has 2 N–H and O–H groups in total. The predicted molar refractivity (Wildman–Crippen MR) is 119 cm³/mol. The highest BCUT2D eigenvalue weighted by Gasteiger charge is 2.26. The number of carbonyl (C=O) groups excluding carboxylic acids is 3. The van der Waals surface area contributed by atoms with E-state index in [1.165, 1.54) is 18.4 Å². The molecule has 1 heterocycles. The van der Waals surface area contributed by atoms with Crippen molar-refractivity contribution in [1.82, 2.24) is 5.32 Å². The fourth-order valence-corrected chi connectivity index (χ4v) is 4.15. The first-order chi connectivity index (χ1) is 14.0. The highest BCUT2D eigenvalue weighted by atomic mass is 32.1. The highest BCUT2D eigenvalue weighted by Crippen LogP contribution is 2.28. The van der Waals surface area contributed by atoms with E-state index in [4.69, 9.17) is 4.74 Å². The van der Waals surface area contributed by atoms with E-state index in [2.05, 4.69) is 10.6 Å². The lowest BCUT2D eigenvalue weighted by Crippen LogP contribution is -2.51. The van der Waals surface area contributed by atoms with E-state index < -0.39 is 5.97 Å². The zero-order chi connectivity index (χ0) is 22.5. The van der Waals surface area contributed by atoms with Crippen molar-refractivity contribution in [3.05, 3.63) is 50.7 Å². The van der Waals surface area contributed by atoms with E-state index in [1.54, 1.807) is 5.38 Å². The van der Waals surface area contributed by atoms with Crippen molar-refractivity contribution in [2.24, 2.45) is 0 Å². The number of esters is 1. The van der Waals surface area contributed by atoms with Crippen molar-refractivity contribution in [2.75, 3.05) is 39.6 Å². The summed E-state index contributed by atoms with van der Waals surface area (Å²) >= 11 is 1.23. The normalized spacial score (nSPS) is 11.1. The van der Waals surface area contributed by atoms with Gasteiger partial charge in [-0.2, -0.15) is 0 Å². The van der Waals surface area contributed by atoms with Crippen LogP contribution in [0.25, 0.3) is 0 Å². The van der Waals surface area contributed by atoms with Crippen LogP contribution in [-0.2, 0) is 20.9 Å². The van der Waals surface area contributed by atoms with Gasteiger partial charge in [0.25, 0.3) is 11.8 Å². The second kappa shape index (κ2) is 9.86. The summed E-state index contributed by atoms with van der Waals surface area (Å²) < 4.78 is 4.95. The maximum Gasteiger partial charge on any atom is 0.350 e. The van der Waals surface area contributed by atoms with E-state index in [-0.39, 0.29) is 29.4 Å². The molecule has 1 aromatic carbocycles. The molecule has 0 spiro atoms. The van der Waals surface area contributed by atoms with Crippen molar-refractivity contribution in [1.29, 1.82) is 0 Å². The maximum absolute atomic E-state index is 12.6. The monoisotopic (exact) mass is 432 g/mol. The van der Waals surface area contributed by atoms with Gasteiger partial charge < -0.3 is 19.9 Å². The molecule has 2 rings (SSSR count). The first kappa shape index (κ1) is 23.6. The zero-order valence-electron chi connectivity index (χ0n) is 18.4. The van der Waals surface area contributed by atoms with Crippen molar-refractivity contribution in [3.8, 4) is 0 Å². The Bertz CT molecular complexity index is 930. The van der Waals surface area contributed by atoms with Crippen LogP contribution < -0.4 is 10.6 Å². The Labute approximate surface area is 181 Å². The molecule has 7 nitrogen and oxygen atoms in total. The molecule has 2 aromatic rings. The molecule has 0 aliphatic carbocycles. The van der Waals surface area contributed by atoms with Crippen LogP contribution in [0.4, 0.5) is 5.69 Å². The van der Waals surface area contributed by atoms with Crippen molar-refractivity contribution >= 4 is 34.8 Å². The van der Waals surface area contributed by atoms with Gasteiger partial charge in [0, 0.05) is 6.54 Å². The summed E-state index contributed by atoms with van der Waals surface area (Å²) in [6.07, 6.45) is 0. The fourth-order valence-electron chi connectivity index (χ4n) is 3.23. The lowest BCUT2D eigenvalue weighted by atomic mass is 10.0. The molecule has 0 saturated carbocycles. The van der Waals surface area contributed by atoms with Gasteiger partial charge in [-0.25, -0.2) is 4.79 Å². The minimum Gasteiger partial charge on any atom is -0.465 e. The van der Waals surface area contributed by atoms with Crippen LogP contribution >= 0.6 is 11.3 Å². The first-order valence-corrected chi connectivity index (χ1v) is 10.5. The largest absolute Gasteiger partial charge is 0.465 e. The smallest absolute Gasteiger partial charge is 0.350 e. The Morgan fingerprint density at radius 2 is 1.60 bits per heavy atom. The molecule has 0 bridgehead atoms. The van der Waals surface area contributed by atoms with E-state index in [9.17, 15) is 14.4 Å². The van der Waals surface area contributed by atoms with Gasteiger partial charge in [-0.3, -0.25) is 9.59 Å². The van der Waals surface area contributed by atoms with Crippen LogP contribution in [0, 0.1) is 20.8 Å². The molecule has 2 amide bonds. The Morgan fingerprint density at radius 3 is 2.20 bits per heavy atom. The minimum atomic E-state index is -0.483. The molecule has 0 aliphatic heterocycles. The van der Waals surface area contributed by atoms with Gasteiger partial charge in [0.05, 0.1) is 26.9 Å². The average molecular weight is 433 g/mol. The molecule has 1 aromatic heterocycles. The first-order valence-electron chi connectivity index (χ1n) is 9.64. The lowest BCUT2D eigenvalue weighted by Gasteiger charge is -2.28. The predicted octanol–water partition coefficient (Wildman–Crippen LogP) is 2.79. The van der Waals surface area contributed by atoms with Gasteiger partial charge in [-0.15, -0.1) is 11.3 Å². The molecule has 0 atom stereocenters. The van der Waals surface area contributed by atoms with Crippen LogP contribution in [-0.4, -0.2) is 56.6 Å². The van der Waals surface area contributed by atoms with Gasteiger partial charge in [0.15, 0.2) is 13.1 Å². The number of nitrogens with zero attached hydrogens (tertiary/aromatic N) is 1. The number of methoxy groups -OCH3 is 1. The van der Waals surface area contributed by atoms with Crippen LogP contribution in [0.2, 0.25) is 0 Å². The summed E-state index contributed by atoms with van der Waals surface area (Å²) in [6, 6.07) is 6.04. The van der Waals surface area contributed by atoms with Gasteiger partial charge in [-0.05, 0) is 48.4 Å². The van der Waals surface area contributed by atoms with Gasteiger partial charge in [0.1, 0.15) is 4.88 Å². The lowest BCUT2D eigenvalue weighted by molar-refractivity contribution is -0.874. The summed E-state index contributed by atoms with van der Waals surface area (Å²) in [4.78, 5) is 37.3. The number of anilines is 1. The number of amides is 2. The Morgan fingerprint density at radius 1 is 1.00 bits per heavy atom. The molecular weight excluding hydrogens is 402 g/mol. The number of aryl methyl sites for hydroxylation is 3. The average Bonchev–Trinajstić information content (AvgIpc) is 3.00. The van der Waals surface area contributed by atoms with E-state index in [1.807, 2.05) is 53.1 Å². The molecular formula is C22H30N3O4S+. The van der Waals surface area contributed by atoms with Crippen LogP contribution in [0.15, 0.2) is 23.6 Å². The van der Waals surface area contributed by atoms with Crippen molar-refractivity contribution in [2.45, 2.75) is 27.3 Å². The summed E-state index contributed by atoms with van der Waals surface area (Å²) in [7, 11) is 4.94. The van der Waals surface area contributed by atoms with E-state index >= 15 is 0 Å². The van der Waals surface area contributed by atoms with Gasteiger partial charge in [-0.1, -0.05) is 18.2 Å². The third-order valence-electron chi connectivity index (χ3n) is 4.86. The van der Waals surface area contributed by atoms with Gasteiger partial charge in [0.2, 0.25) is 0 Å². The number of ether oxygens (including phenoxy) is 1. The topological polar surface area (TPSA) is 84.5 Å².